The van der Waals surface area contributed by atoms with Gasteiger partial charge in [0.2, 0.25) is 0 Å². The van der Waals surface area contributed by atoms with Crippen LogP contribution in [0, 0.1) is 11.3 Å². The van der Waals surface area contributed by atoms with Crippen molar-refractivity contribution in [3.63, 3.8) is 0 Å². The highest BCUT2D eigenvalue weighted by Gasteiger charge is 2.36. The largest absolute Gasteiger partial charge is 0.481 e. The highest BCUT2D eigenvalue weighted by molar-refractivity contribution is 8.00. The lowest BCUT2D eigenvalue weighted by atomic mass is 9.82. The highest BCUT2D eigenvalue weighted by atomic mass is 32.2. The third-order valence-corrected chi connectivity index (χ3v) is 7.49. The Hall–Kier alpha value is -0.550. The first kappa shape index (κ1) is 24.5. The molecule has 1 fully saturated rings. The molecule has 0 amide bonds. The lowest BCUT2D eigenvalue weighted by molar-refractivity contribution is -0.137. The topological polar surface area (TPSA) is 74.6 Å². The minimum atomic E-state index is -0.728. The molecule has 0 heterocycles. The second-order valence-electron chi connectivity index (χ2n) is 8.79. The quantitative estimate of drug-likeness (QED) is 0.357. The number of hydrogen-bond donors (Lipinski definition) is 2. The molecule has 0 radical (unpaired) electrons. The van der Waals surface area contributed by atoms with Crippen molar-refractivity contribution in [3.8, 4) is 0 Å². The van der Waals surface area contributed by atoms with Gasteiger partial charge in [0.05, 0.1) is 6.10 Å². The molecule has 0 aliphatic heterocycles. The Kier molecular flexibility index (Phi) is 11.6. The summed E-state index contributed by atoms with van der Waals surface area (Å²) >= 11 is 1.79. The number of carboxylic acids is 1. The summed E-state index contributed by atoms with van der Waals surface area (Å²) in [6.45, 7) is 6.51. The molecule has 4 nitrogen and oxygen atoms in total. The lowest BCUT2D eigenvalue weighted by Gasteiger charge is -2.31. The van der Waals surface area contributed by atoms with Crippen molar-refractivity contribution in [1.82, 2.24) is 0 Å². The molecule has 0 aromatic carbocycles. The maximum Gasteiger partial charge on any atom is 0.303 e. The van der Waals surface area contributed by atoms with Crippen LogP contribution in [0.5, 0.6) is 0 Å². The number of carbonyl (C=O) groups excluding carboxylic acids is 1. The molecule has 1 rings (SSSR count). The molecule has 158 valence electrons. The summed E-state index contributed by atoms with van der Waals surface area (Å²) in [4.78, 5) is 22.8. The monoisotopic (exact) mass is 400 g/mol. The van der Waals surface area contributed by atoms with E-state index in [1.54, 1.807) is 11.8 Å². The summed E-state index contributed by atoms with van der Waals surface area (Å²) < 4.78 is 0. The molecule has 0 aromatic heterocycles. The van der Waals surface area contributed by atoms with Crippen molar-refractivity contribution in [2.75, 3.05) is 5.75 Å². The molecular weight excluding hydrogens is 360 g/mol. The van der Waals surface area contributed by atoms with Gasteiger partial charge in [-0.1, -0.05) is 59.3 Å². The molecular formula is C22H40O4S. The molecule has 3 unspecified atom stereocenters. The van der Waals surface area contributed by atoms with Crippen molar-refractivity contribution in [1.29, 1.82) is 0 Å². The van der Waals surface area contributed by atoms with E-state index in [0.29, 0.717) is 23.2 Å². The number of carboxylic acid groups (broad SMARTS) is 1. The van der Waals surface area contributed by atoms with Crippen LogP contribution in [0.25, 0.3) is 0 Å². The molecule has 2 N–H and O–H groups in total. The Labute approximate surface area is 169 Å². The Morgan fingerprint density at radius 2 is 1.89 bits per heavy atom. The van der Waals surface area contributed by atoms with Gasteiger partial charge in [-0.3, -0.25) is 9.59 Å². The van der Waals surface area contributed by atoms with E-state index in [0.717, 1.165) is 51.4 Å². The van der Waals surface area contributed by atoms with Gasteiger partial charge in [-0.25, -0.2) is 0 Å². The van der Waals surface area contributed by atoms with Gasteiger partial charge in [-0.05, 0) is 31.1 Å². The molecule has 1 aliphatic rings. The van der Waals surface area contributed by atoms with Crippen LogP contribution in [-0.4, -0.2) is 39.1 Å². The maximum absolute atomic E-state index is 12.3. The van der Waals surface area contributed by atoms with E-state index in [1.807, 2.05) is 0 Å². The van der Waals surface area contributed by atoms with Crippen LogP contribution in [0.2, 0.25) is 0 Å². The molecule has 0 spiro atoms. The fourth-order valence-corrected chi connectivity index (χ4v) is 5.54. The molecule has 27 heavy (non-hydrogen) atoms. The minimum Gasteiger partial charge on any atom is -0.481 e. The Morgan fingerprint density at radius 1 is 1.19 bits per heavy atom. The van der Waals surface area contributed by atoms with Crippen molar-refractivity contribution >= 4 is 23.5 Å². The van der Waals surface area contributed by atoms with Crippen LogP contribution in [-0.2, 0) is 9.59 Å². The van der Waals surface area contributed by atoms with Crippen LogP contribution < -0.4 is 0 Å². The zero-order chi connectivity index (χ0) is 20.3. The van der Waals surface area contributed by atoms with Crippen molar-refractivity contribution in [2.24, 2.45) is 11.3 Å². The third-order valence-electron chi connectivity index (χ3n) is 5.99. The van der Waals surface area contributed by atoms with Gasteiger partial charge in [0, 0.05) is 29.8 Å². The van der Waals surface area contributed by atoms with Crippen LogP contribution in [0.4, 0.5) is 0 Å². The fourth-order valence-electron chi connectivity index (χ4n) is 3.86. The van der Waals surface area contributed by atoms with E-state index in [1.165, 1.54) is 12.8 Å². The predicted octanol–water partition coefficient (Wildman–Crippen LogP) is 5.46. The van der Waals surface area contributed by atoms with Crippen LogP contribution in [0.15, 0.2) is 0 Å². The average Bonchev–Trinajstić information content (AvgIpc) is 2.95. The van der Waals surface area contributed by atoms with E-state index in [9.17, 15) is 14.7 Å². The summed E-state index contributed by atoms with van der Waals surface area (Å²) in [6, 6.07) is 0. The molecule has 1 saturated carbocycles. The van der Waals surface area contributed by atoms with E-state index in [-0.39, 0.29) is 23.9 Å². The Balaban J connectivity index is 2.33. The molecule has 3 atom stereocenters. The smallest absolute Gasteiger partial charge is 0.303 e. The van der Waals surface area contributed by atoms with E-state index >= 15 is 0 Å². The molecule has 0 bridgehead atoms. The number of carbonyl (C=O) groups is 2. The second-order valence-corrected chi connectivity index (χ2v) is 10.1. The number of aliphatic hydroxyl groups is 1. The van der Waals surface area contributed by atoms with Gasteiger partial charge in [-0.15, -0.1) is 0 Å². The van der Waals surface area contributed by atoms with Gasteiger partial charge in [0.25, 0.3) is 0 Å². The lowest BCUT2D eigenvalue weighted by Crippen LogP contribution is -2.32. The average molecular weight is 401 g/mol. The van der Waals surface area contributed by atoms with Crippen LogP contribution in [0.3, 0.4) is 0 Å². The number of unbranched alkanes of at least 4 members (excludes halogenated alkanes) is 5. The number of Topliss-reactive ketones (excluding diaryl/α,β-unsaturated/α-hetero) is 1. The van der Waals surface area contributed by atoms with Gasteiger partial charge < -0.3 is 10.2 Å². The van der Waals surface area contributed by atoms with Crippen LogP contribution in [0.1, 0.15) is 97.8 Å². The summed E-state index contributed by atoms with van der Waals surface area (Å²) in [5.41, 5.74) is -0.0651. The summed E-state index contributed by atoms with van der Waals surface area (Å²) in [5, 5.41) is 19.7. The SMILES string of the molecule is CCCCCC(C)(C)C(O)CSC1CCC(=O)C1CCCCCCC(=O)O. The van der Waals surface area contributed by atoms with Gasteiger partial charge in [0.1, 0.15) is 5.78 Å². The van der Waals surface area contributed by atoms with Gasteiger partial charge in [0.15, 0.2) is 0 Å². The molecule has 1 aliphatic carbocycles. The number of ketones is 1. The number of aliphatic hydroxyl groups excluding tert-OH is 1. The van der Waals surface area contributed by atoms with E-state index in [4.69, 9.17) is 5.11 Å². The fraction of sp³-hybridized carbons (Fsp3) is 0.909. The first-order chi connectivity index (χ1) is 12.8. The molecule has 0 saturated heterocycles. The van der Waals surface area contributed by atoms with Crippen molar-refractivity contribution < 1.29 is 19.8 Å². The highest BCUT2D eigenvalue weighted by Crippen LogP contribution is 2.38. The normalized spacial score (nSPS) is 21.6. The van der Waals surface area contributed by atoms with Crippen LogP contribution >= 0.6 is 11.8 Å². The third kappa shape index (κ3) is 9.47. The first-order valence-corrected chi connectivity index (χ1v) is 11.9. The zero-order valence-corrected chi connectivity index (χ0v) is 18.4. The second kappa shape index (κ2) is 12.8. The minimum absolute atomic E-state index is 0.0651. The Morgan fingerprint density at radius 3 is 2.56 bits per heavy atom. The van der Waals surface area contributed by atoms with E-state index in [2.05, 4.69) is 20.8 Å². The maximum atomic E-state index is 12.3. The number of aliphatic carboxylic acids is 1. The number of rotatable bonds is 15. The van der Waals surface area contributed by atoms with Gasteiger partial charge in [-0.2, -0.15) is 11.8 Å². The number of hydrogen-bond acceptors (Lipinski definition) is 4. The Bertz CT molecular complexity index is 450. The molecule has 0 aromatic rings. The number of thioether (sulfide) groups is 1. The predicted molar refractivity (Wildman–Crippen MR) is 113 cm³/mol. The van der Waals surface area contributed by atoms with Crippen molar-refractivity contribution in [3.05, 3.63) is 0 Å². The van der Waals surface area contributed by atoms with Crippen molar-refractivity contribution in [2.45, 2.75) is 109 Å². The summed E-state index contributed by atoms with van der Waals surface area (Å²) in [6.07, 6.45) is 10.7. The molecule has 5 heteroatoms. The summed E-state index contributed by atoms with van der Waals surface area (Å²) in [5.74, 6) is 0.500. The standard InChI is InChI=1S/C22H40O4S/c1-4-5-10-15-22(2,3)20(24)16-27-19-14-13-18(23)17(19)11-8-6-7-9-12-21(25)26/h17,19-20,24H,4-16H2,1-3H3,(H,25,26). The van der Waals surface area contributed by atoms with Gasteiger partial charge >= 0.3 is 5.97 Å². The summed E-state index contributed by atoms with van der Waals surface area (Å²) in [7, 11) is 0. The zero-order valence-electron chi connectivity index (χ0n) is 17.5. The van der Waals surface area contributed by atoms with E-state index < -0.39 is 5.97 Å². The first-order valence-electron chi connectivity index (χ1n) is 10.8.